The van der Waals surface area contributed by atoms with Crippen LogP contribution in [0, 0.1) is 5.92 Å². The molecule has 0 radical (unpaired) electrons. The monoisotopic (exact) mass is 366 g/mol. The van der Waals surface area contributed by atoms with Gasteiger partial charge in [-0.25, -0.2) is 0 Å². The molecule has 0 heterocycles. The molecule has 3 nitrogen and oxygen atoms in total. The van der Waals surface area contributed by atoms with Gasteiger partial charge in [0.25, 0.3) is 5.91 Å². The van der Waals surface area contributed by atoms with E-state index in [2.05, 4.69) is 21.2 Å². The molecule has 1 atom stereocenters. The summed E-state index contributed by atoms with van der Waals surface area (Å²) in [6, 6.07) is 3.12. The number of amides is 1. The quantitative estimate of drug-likeness (QED) is 0.836. The van der Waals surface area contributed by atoms with Crippen molar-refractivity contribution in [2.45, 2.75) is 32.5 Å². The van der Waals surface area contributed by atoms with E-state index in [4.69, 9.17) is 5.73 Å². The van der Waals surface area contributed by atoms with Gasteiger partial charge in [0.1, 0.15) is 0 Å². The van der Waals surface area contributed by atoms with E-state index in [9.17, 15) is 18.0 Å². The minimum Gasteiger partial charge on any atom is -0.348 e. The fourth-order valence-electron chi connectivity index (χ4n) is 2.00. The summed E-state index contributed by atoms with van der Waals surface area (Å²) in [6.07, 6.45) is -3.98. The average Bonchev–Trinajstić information content (AvgIpc) is 2.36. The summed E-state index contributed by atoms with van der Waals surface area (Å²) >= 11 is 2.98. The zero-order valence-corrected chi connectivity index (χ0v) is 13.4. The lowest BCUT2D eigenvalue weighted by Gasteiger charge is -2.20. The number of carbonyl (C=O) groups excluding carboxylic acids is 1. The third-order valence-electron chi connectivity index (χ3n) is 2.91. The molecule has 0 spiro atoms. The molecule has 0 fully saturated rings. The van der Waals surface area contributed by atoms with Gasteiger partial charge in [-0.2, -0.15) is 13.2 Å². The Labute approximate surface area is 130 Å². The summed E-state index contributed by atoms with van der Waals surface area (Å²) in [7, 11) is 0. The molecule has 1 aromatic rings. The van der Waals surface area contributed by atoms with Gasteiger partial charge in [0.2, 0.25) is 0 Å². The van der Waals surface area contributed by atoms with Crippen molar-refractivity contribution in [3.63, 3.8) is 0 Å². The molecule has 0 aliphatic heterocycles. The molecule has 3 N–H and O–H groups in total. The summed E-state index contributed by atoms with van der Waals surface area (Å²) in [6.45, 7) is 4.09. The van der Waals surface area contributed by atoms with Gasteiger partial charge in [-0.15, -0.1) is 0 Å². The average molecular weight is 367 g/mol. The van der Waals surface area contributed by atoms with Crippen molar-refractivity contribution in [3.8, 4) is 0 Å². The fraction of sp³-hybridized carbons (Fsp3) is 0.500. The molecule has 1 unspecified atom stereocenters. The number of hydrogen-bond acceptors (Lipinski definition) is 2. The highest BCUT2D eigenvalue weighted by Crippen LogP contribution is 2.33. The van der Waals surface area contributed by atoms with Crippen molar-refractivity contribution >= 4 is 21.8 Å². The number of hydrogen-bond donors (Lipinski definition) is 2. The number of nitrogens with two attached hydrogens (primary N) is 1. The first kappa shape index (κ1) is 18.0. The van der Waals surface area contributed by atoms with E-state index in [0.717, 1.165) is 12.1 Å². The molecule has 0 saturated carbocycles. The van der Waals surface area contributed by atoms with Gasteiger partial charge in [0.05, 0.1) is 11.1 Å². The number of benzene rings is 1. The van der Waals surface area contributed by atoms with Gasteiger partial charge in [-0.3, -0.25) is 4.79 Å². The van der Waals surface area contributed by atoms with Crippen LogP contribution in [0.2, 0.25) is 0 Å². The second-order valence-corrected chi connectivity index (χ2v) is 6.14. The van der Waals surface area contributed by atoms with Crippen LogP contribution in [0.3, 0.4) is 0 Å². The molecule has 0 aliphatic rings. The number of carbonyl (C=O) groups is 1. The Bertz CT molecular complexity index is 503. The minimum atomic E-state index is -4.59. The third kappa shape index (κ3) is 5.32. The zero-order valence-electron chi connectivity index (χ0n) is 11.8. The van der Waals surface area contributed by atoms with Gasteiger partial charge in [-0.05, 0) is 30.5 Å². The van der Waals surface area contributed by atoms with E-state index in [-0.39, 0.29) is 23.0 Å². The van der Waals surface area contributed by atoms with Crippen molar-refractivity contribution in [2.24, 2.45) is 11.7 Å². The molecule has 7 heteroatoms. The predicted molar refractivity (Wildman–Crippen MR) is 78.9 cm³/mol. The fourth-order valence-corrected chi connectivity index (χ4v) is 2.36. The normalized spacial score (nSPS) is 13.3. The highest BCUT2D eigenvalue weighted by molar-refractivity contribution is 9.10. The summed E-state index contributed by atoms with van der Waals surface area (Å²) in [5.41, 5.74) is 4.19. The Morgan fingerprint density at radius 2 is 2.00 bits per heavy atom. The molecule has 0 aromatic heterocycles. The molecule has 0 bridgehead atoms. The second kappa shape index (κ2) is 7.26. The molecule has 118 valence electrons. The SMILES string of the molecule is CC(C)CC(CN)NC(=O)c1ccc(Br)cc1C(F)(F)F. The third-order valence-corrected chi connectivity index (χ3v) is 3.40. The molecule has 1 rings (SSSR count). The van der Waals surface area contributed by atoms with Gasteiger partial charge < -0.3 is 11.1 Å². The van der Waals surface area contributed by atoms with Crippen molar-refractivity contribution in [1.29, 1.82) is 0 Å². The minimum absolute atomic E-state index is 0.182. The van der Waals surface area contributed by atoms with Crippen LogP contribution in [0.4, 0.5) is 13.2 Å². The van der Waals surface area contributed by atoms with Crippen LogP contribution in [0.15, 0.2) is 22.7 Å². The van der Waals surface area contributed by atoms with E-state index in [0.29, 0.717) is 6.42 Å². The van der Waals surface area contributed by atoms with Crippen molar-refractivity contribution in [2.75, 3.05) is 6.54 Å². The molecule has 21 heavy (non-hydrogen) atoms. The van der Waals surface area contributed by atoms with Gasteiger partial charge in [-0.1, -0.05) is 29.8 Å². The lowest BCUT2D eigenvalue weighted by Crippen LogP contribution is -2.41. The van der Waals surface area contributed by atoms with Crippen LogP contribution in [-0.4, -0.2) is 18.5 Å². The highest BCUT2D eigenvalue weighted by atomic mass is 79.9. The lowest BCUT2D eigenvalue weighted by atomic mass is 10.0. The van der Waals surface area contributed by atoms with Crippen molar-refractivity contribution in [3.05, 3.63) is 33.8 Å². The number of halogens is 4. The standard InChI is InChI=1S/C14H18BrF3N2O/c1-8(2)5-10(7-19)20-13(21)11-4-3-9(15)6-12(11)14(16,17)18/h3-4,6,8,10H,5,7,19H2,1-2H3,(H,20,21). The molecule has 0 aliphatic carbocycles. The molecule has 0 saturated heterocycles. The van der Waals surface area contributed by atoms with E-state index in [1.165, 1.54) is 6.07 Å². The van der Waals surface area contributed by atoms with Crippen LogP contribution in [0.1, 0.15) is 36.2 Å². The summed E-state index contributed by atoms with van der Waals surface area (Å²) in [5.74, 6) is -0.475. The van der Waals surface area contributed by atoms with E-state index < -0.39 is 23.2 Å². The molecule has 1 aromatic carbocycles. The van der Waals surface area contributed by atoms with Crippen LogP contribution < -0.4 is 11.1 Å². The lowest BCUT2D eigenvalue weighted by molar-refractivity contribution is -0.138. The van der Waals surface area contributed by atoms with Gasteiger partial charge in [0, 0.05) is 17.1 Å². The molecular weight excluding hydrogens is 349 g/mol. The predicted octanol–water partition coefficient (Wildman–Crippen LogP) is 3.57. The Morgan fingerprint density at radius 1 is 1.38 bits per heavy atom. The number of rotatable bonds is 5. The molecule has 1 amide bonds. The maximum atomic E-state index is 13.0. The topological polar surface area (TPSA) is 55.1 Å². The number of nitrogens with one attached hydrogen (secondary N) is 1. The van der Waals surface area contributed by atoms with Crippen LogP contribution in [0.25, 0.3) is 0 Å². The first-order chi connectivity index (χ1) is 9.65. The molecular formula is C14H18BrF3N2O. The van der Waals surface area contributed by atoms with E-state index in [1.807, 2.05) is 13.8 Å². The number of alkyl halides is 3. The van der Waals surface area contributed by atoms with E-state index in [1.54, 1.807) is 0 Å². The maximum absolute atomic E-state index is 13.0. The Hall–Kier alpha value is -1.08. The Morgan fingerprint density at radius 3 is 2.48 bits per heavy atom. The summed E-state index contributed by atoms with van der Waals surface area (Å²) in [5, 5.41) is 2.57. The highest BCUT2D eigenvalue weighted by Gasteiger charge is 2.35. The Balaban J connectivity index is 3.02. The van der Waals surface area contributed by atoms with Crippen LogP contribution in [0.5, 0.6) is 0 Å². The largest absolute Gasteiger partial charge is 0.417 e. The van der Waals surface area contributed by atoms with Gasteiger partial charge >= 0.3 is 6.18 Å². The van der Waals surface area contributed by atoms with Crippen molar-refractivity contribution in [1.82, 2.24) is 5.32 Å². The zero-order chi connectivity index (χ0) is 16.2. The van der Waals surface area contributed by atoms with Crippen molar-refractivity contribution < 1.29 is 18.0 Å². The Kier molecular flexibility index (Phi) is 6.22. The maximum Gasteiger partial charge on any atom is 0.417 e. The van der Waals surface area contributed by atoms with Gasteiger partial charge in [0.15, 0.2) is 0 Å². The van der Waals surface area contributed by atoms with Crippen LogP contribution in [-0.2, 0) is 6.18 Å². The smallest absolute Gasteiger partial charge is 0.348 e. The first-order valence-corrected chi connectivity index (χ1v) is 7.32. The van der Waals surface area contributed by atoms with E-state index >= 15 is 0 Å². The summed E-state index contributed by atoms with van der Waals surface area (Å²) < 4.78 is 39.2. The second-order valence-electron chi connectivity index (χ2n) is 5.22. The summed E-state index contributed by atoms with van der Waals surface area (Å²) in [4.78, 5) is 12.1. The first-order valence-electron chi connectivity index (χ1n) is 6.52. The van der Waals surface area contributed by atoms with Crippen LogP contribution >= 0.6 is 15.9 Å².